The first kappa shape index (κ1) is 15.2. The molecule has 4 nitrogen and oxygen atoms in total. The van der Waals surface area contributed by atoms with Crippen LogP contribution in [-0.2, 0) is 0 Å². The number of hydrogen-bond acceptors (Lipinski definition) is 5. The van der Waals surface area contributed by atoms with Gasteiger partial charge in [-0.25, -0.2) is 4.98 Å². The van der Waals surface area contributed by atoms with Crippen molar-refractivity contribution in [2.75, 3.05) is 13.1 Å². The third-order valence-electron chi connectivity index (χ3n) is 4.36. The molecule has 7 heteroatoms. The number of amides is 1. The highest BCUT2D eigenvalue weighted by molar-refractivity contribution is 8.23. The molecule has 1 aromatic rings. The fourth-order valence-electron chi connectivity index (χ4n) is 3.23. The summed E-state index contributed by atoms with van der Waals surface area (Å²) in [6, 6.07) is 0. The number of rotatable bonds is 2. The summed E-state index contributed by atoms with van der Waals surface area (Å²) in [4.78, 5) is 18.6. The van der Waals surface area contributed by atoms with E-state index < -0.39 is 5.91 Å². The zero-order valence-electron chi connectivity index (χ0n) is 12.0. The van der Waals surface area contributed by atoms with E-state index >= 15 is 0 Å². The lowest BCUT2D eigenvalue weighted by Crippen LogP contribution is -2.31. The highest BCUT2D eigenvalue weighted by Crippen LogP contribution is 2.36. The molecule has 0 radical (unpaired) electrons. The third-order valence-corrected chi connectivity index (χ3v) is 7.03. The second-order valence-electron chi connectivity index (χ2n) is 5.92. The maximum absolute atomic E-state index is 11.3. The smallest absolute Gasteiger partial charge is 0.260 e. The molecule has 2 bridgehead atoms. The number of hydrogen-bond donors (Lipinski definition) is 1. The molecule has 2 saturated heterocycles. The van der Waals surface area contributed by atoms with Gasteiger partial charge in [-0.2, -0.15) is 0 Å². The Balaban J connectivity index is 1.68. The van der Waals surface area contributed by atoms with Crippen molar-refractivity contribution in [3.8, 4) is 0 Å². The average Bonchev–Trinajstić information content (AvgIpc) is 2.64. The van der Waals surface area contributed by atoms with Crippen LogP contribution >= 0.6 is 35.3 Å². The van der Waals surface area contributed by atoms with Gasteiger partial charge in [-0.1, -0.05) is 12.2 Å². The van der Waals surface area contributed by atoms with E-state index in [2.05, 4.69) is 9.88 Å². The normalized spacial score (nSPS) is 24.9. The van der Waals surface area contributed by atoms with Crippen LogP contribution in [-0.4, -0.2) is 33.2 Å². The number of aryl methyl sites for hydroxylation is 1. The topological polar surface area (TPSA) is 59.2 Å². The molecule has 2 N–H and O–H groups in total. The monoisotopic (exact) mass is 341 g/mol. The number of carbonyl (C=O) groups excluding carboxylic acids is 1. The van der Waals surface area contributed by atoms with Crippen LogP contribution in [0.3, 0.4) is 0 Å². The first-order valence-electron chi connectivity index (χ1n) is 7.27. The Morgan fingerprint density at radius 1 is 1.33 bits per heavy atom. The minimum atomic E-state index is -0.407. The Morgan fingerprint density at radius 2 is 1.90 bits per heavy atom. The zero-order chi connectivity index (χ0) is 15.0. The van der Waals surface area contributed by atoms with Crippen molar-refractivity contribution in [2.45, 2.75) is 36.9 Å². The predicted octanol–water partition coefficient (Wildman–Crippen LogP) is 3.05. The van der Waals surface area contributed by atoms with Gasteiger partial charge in [0.25, 0.3) is 5.91 Å². The molecule has 3 fully saturated rings. The van der Waals surface area contributed by atoms with E-state index in [4.69, 9.17) is 18.0 Å². The third kappa shape index (κ3) is 3.40. The summed E-state index contributed by atoms with van der Waals surface area (Å²) in [5.41, 5.74) is 6.05. The van der Waals surface area contributed by atoms with Gasteiger partial charge < -0.3 is 10.6 Å². The molecule has 1 amide bonds. The number of aromatic nitrogens is 1. The Bertz CT molecular complexity index is 550. The van der Waals surface area contributed by atoms with E-state index in [1.165, 1.54) is 48.8 Å². The predicted molar refractivity (Wildman–Crippen MR) is 90.8 cm³/mol. The molecule has 0 unspecified atom stereocenters. The minimum absolute atomic E-state index is 0.407. The largest absolute Gasteiger partial charge is 0.365 e. The molecule has 0 aromatic carbocycles. The fourth-order valence-corrected chi connectivity index (χ4v) is 5.69. The molecule has 1 saturated carbocycles. The van der Waals surface area contributed by atoms with Crippen molar-refractivity contribution in [2.24, 2.45) is 17.6 Å². The molecular formula is C14H19N3OS3. The molecule has 2 aliphatic heterocycles. The van der Waals surface area contributed by atoms with Gasteiger partial charge in [-0.15, -0.1) is 11.3 Å². The lowest BCUT2D eigenvalue weighted by molar-refractivity contribution is 0.100. The maximum atomic E-state index is 11.3. The standard InChI is InChI=1S/C14H19N3OS3/c1-8-11(12(15)18)20-13(16-8)21-14(19)17-6-9-2-3-10(7-17)5-4-9/h9-10H,2-7H2,1H3,(H2,15,18). The number of thiocarbonyl (C=S) groups is 1. The Morgan fingerprint density at radius 3 is 2.38 bits per heavy atom. The quantitative estimate of drug-likeness (QED) is 0.662. The lowest BCUT2D eigenvalue weighted by Gasteiger charge is -2.24. The number of carbonyl (C=O) groups is 1. The van der Waals surface area contributed by atoms with Crippen LogP contribution in [0.25, 0.3) is 0 Å². The van der Waals surface area contributed by atoms with E-state index in [1.807, 2.05) is 6.92 Å². The Hall–Kier alpha value is -0.660. The summed E-state index contributed by atoms with van der Waals surface area (Å²) >= 11 is 8.45. The van der Waals surface area contributed by atoms with Gasteiger partial charge in [0, 0.05) is 13.1 Å². The van der Waals surface area contributed by atoms with Crippen molar-refractivity contribution in [3.63, 3.8) is 0 Å². The van der Waals surface area contributed by atoms with Crippen LogP contribution in [0.4, 0.5) is 0 Å². The molecule has 4 rings (SSSR count). The van der Waals surface area contributed by atoms with Crippen LogP contribution in [0.5, 0.6) is 0 Å². The van der Waals surface area contributed by atoms with Gasteiger partial charge in [0.05, 0.1) is 5.69 Å². The van der Waals surface area contributed by atoms with E-state index in [0.29, 0.717) is 10.6 Å². The van der Waals surface area contributed by atoms with Gasteiger partial charge in [-0.05, 0) is 56.2 Å². The van der Waals surface area contributed by atoms with Crippen molar-refractivity contribution >= 4 is 45.5 Å². The number of primary amides is 1. The fraction of sp³-hybridized carbons (Fsp3) is 0.643. The van der Waals surface area contributed by atoms with Crippen LogP contribution in [0.15, 0.2) is 4.34 Å². The average molecular weight is 342 g/mol. The summed E-state index contributed by atoms with van der Waals surface area (Å²) in [5, 5.41) is 0. The highest BCUT2D eigenvalue weighted by Gasteiger charge is 2.30. The van der Waals surface area contributed by atoms with Gasteiger partial charge in [0.15, 0.2) is 4.34 Å². The molecule has 1 aliphatic carbocycles. The van der Waals surface area contributed by atoms with Gasteiger partial charge in [0.2, 0.25) is 0 Å². The summed E-state index contributed by atoms with van der Waals surface area (Å²) < 4.78 is 1.71. The number of thioether (sulfide) groups is 1. The minimum Gasteiger partial charge on any atom is -0.365 e. The van der Waals surface area contributed by atoms with Crippen LogP contribution < -0.4 is 5.73 Å². The molecular weight excluding hydrogens is 322 g/mol. The van der Waals surface area contributed by atoms with Crippen molar-refractivity contribution in [1.29, 1.82) is 0 Å². The van der Waals surface area contributed by atoms with Gasteiger partial charge in [-0.3, -0.25) is 4.79 Å². The number of nitrogens with two attached hydrogens (primary N) is 1. The van der Waals surface area contributed by atoms with Crippen LogP contribution in [0.2, 0.25) is 0 Å². The number of thiazole rings is 1. The van der Waals surface area contributed by atoms with Gasteiger partial charge in [0.1, 0.15) is 9.20 Å². The van der Waals surface area contributed by atoms with Crippen LogP contribution in [0, 0.1) is 18.8 Å². The zero-order valence-corrected chi connectivity index (χ0v) is 14.5. The van der Waals surface area contributed by atoms with E-state index in [0.717, 1.165) is 33.6 Å². The van der Waals surface area contributed by atoms with Crippen molar-refractivity contribution in [1.82, 2.24) is 9.88 Å². The van der Waals surface area contributed by atoms with E-state index in [9.17, 15) is 4.79 Å². The lowest BCUT2D eigenvalue weighted by atomic mass is 9.84. The second-order valence-corrected chi connectivity index (χ2v) is 8.80. The first-order chi connectivity index (χ1) is 10.0. The molecule has 3 aliphatic rings. The van der Waals surface area contributed by atoms with Crippen molar-refractivity contribution in [3.05, 3.63) is 10.6 Å². The molecule has 0 atom stereocenters. The van der Waals surface area contributed by atoms with E-state index in [1.54, 1.807) is 0 Å². The molecule has 0 spiro atoms. The highest BCUT2D eigenvalue weighted by atomic mass is 32.2. The molecule has 3 heterocycles. The molecule has 114 valence electrons. The Labute approximate surface area is 138 Å². The summed E-state index contributed by atoms with van der Waals surface area (Å²) in [5.74, 6) is 1.18. The summed E-state index contributed by atoms with van der Waals surface area (Å²) in [7, 11) is 0. The number of fused-ring (bicyclic) bond motifs is 4. The van der Waals surface area contributed by atoms with E-state index in [-0.39, 0.29) is 0 Å². The van der Waals surface area contributed by atoms with Gasteiger partial charge >= 0.3 is 0 Å². The summed E-state index contributed by atoms with van der Waals surface area (Å²) in [6.07, 6.45) is 5.38. The maximum Gasteiger partial charge on any atom is 0.260 e. The second kappa shape index (κ2) is 6.22. The summed E-state index contributed by atoms with van der Waals surface area (Å²) in [6.45, 7) is 3.97. The molecule has 1 aromatic heterocycles. The SMILES string of the molecule is Cc1nc(SC(=S)N2CC3CCC(CC3)C2)sc1C(N)=O. The van der Waals surface area contributed by atoms with Crippen molar-refractivity contribution < 1.29 is 4.79 Å². The molecule has 21 heavy (non-hydrogen) atoms. The first-order valence-corrected chi connectivity index (χ1v) is 9.31. The van der Waals surface area contributed by atoms with Crippen LogP contribution in [0.1, 0.15) is 41.0 Å². The Kier molecular flexibility index (Phi) is 4.51. The number of nitrogens with zero attached hydrogens (tertiary/aromatic N) is 2.